The fourth-order valence-corrected chi connectivity index (χ4v) is 12.7. The molecule has 0 aromatic carbocycles. The molecule has 8 atom stereocenters. The molecule has 0 bridgehead atoms. The maximum absolute atomic E-state index is 14.5. The number of carbonyl (C=O) groups is 10. The average molecular weight is 1290 g/mol. The molecule has 6 fully saturated rings. The first-order valence-corrected chi connectivity index (χ1v) is 31.8. The Labute approximate surface area is 538 Å². The van der Waals surface area contributed by atoms with E-state index in [1.807, 2.05) is 27.7 Å². The summed E-state index contributed by atoms with van der Waals surface area (Å²) in [5, 5.41) is 22.5. The fourth-order valence-electron chi connectivity index (χ4n) is 12.7. The van der Waals surface area contributed by atoms with Gasteiger partial charge in [0.2, 0.25) is 23.5 Å². The number of carboxylic acids is 1. The predicted octanol–water partition coefficient (Wildman–Crippen LogP) is 1.16. The molecule has 6 amide bonds. The quantitative estimate of drug-likeness (QED) is 0.0616. The monoisotopic (exact) mass is 1290 g/mol. The number of nitrogens with one attached hydrogen (secondary N) is 5. The molecule has 500 valence electrons. The molecule has 0 unspecified atom stereocenters. The smallest absolute Gasteiger partial charge is 0.364 e. The predicted molar refractivity (Wildman–Crippen MR) is 327 cm³/mol. The second kappa shape index (κ2) is 35.3. The van der Waals surface area contributed by atoms with Crippen molar-refractivity contribution in [3.63, 3.8) is 0 Å². The number of carbonyl (C=O) groups excluding carboxylic acids is 9. The highest BCUT2D eigenvalue weighted by Crippen LogP contribution is 2.65. The molecule has 9 rings (SSSR count). The van der Waals surface area contributed by atoms with Crippen LogP contribution in [-0.4, -0.2) is 162 Å². The number of Topliss-reactive ketones (excluding diaryl/α,β-unsaturated/α-hetero) is 1. The van der Waals surface area contributed by atoms with Crippen LogP contribution in [0.25, 0.3) is 0 Å². The highest BCUT2D eigenvalue weighted by atomic mass is 35.5. The number of nitrogens with zero attached hydrogens (tertiary/aromatic N) is 7. The molecule has 0 spiro atoms. The van der Waals surface area contributed by atoms with Gasteiger partial charge in [-0.3, -0.25) is 48.5 Å². The van der Waals surface area contributed by atoms with E-state index < -0.39 is 82.9 Å². The first-order chi connectivity index (χ1) is 42.9. The average Bonchev–Trinajstić information content (AvgIpc) is 1.53. The molecule has 4 heterocycles. The van der Waals surface area contributed by atoms with Crippen molar-refractivity contribution in [1.29, 1.82) is 0 Å². The molecule has 5 saturated carbocycles. The van der Waals surface area contributed by atoms with E-state index in [1.54, 1.807) is 4.90 Å². The highest BCUT2D eigenvalue weighted by Gasteiger charge is 2.70. The van der Waals surface area contributed by atoms with Crippen molar-refractivity contribution in [3.05, 3.63) is 72.9 Å². The van der Waals surface area contributed by atoms with Crippen LogP contribution in [0.3, 0.4) is 0 Å². The van der Waals surface area contributed by atoms with Crippen molar-refractivity contribution < 1.29 is 80.7 Å². The lowest BCUT2D eigenvalue weighted by Crippen LogP contribution is -3.00. The second-order valence-electron chi connectivity index (χ2n) is 26.0. The van der Waals surface area contributed by atoms with E-state index in [0.717, 1.165) is 83.5 Å². The molecule has 27 heteroatoms. The van der Waals surface area contributed by atoms with E-state index >= 15 is 0 Å². The van der Waals surface area contributed by atoms with Crippen LogP contribution in [-0.2, 0) is 43.0 Å². The van der Waals surface area contributed by atoms with E-state index in [4.69, 9.17) is 9.84 Å². The lowest BCUT2D eigenvalue weighted by Gasteiger charge is -2.39. The summed E-state index contributed by atoms with van der Waals surface area (Å²) in [4.78, 5) is 151. The Balaban J connectivity index is 0.000000288. The van der Waals surface area contributed by atoms with Crippen molar-refractivity contribution in [2.75, 3.05) is 20.8 Å². The molecule has 26 nitrogen and oxygen atoms in total. The van der Waals surface area contributed by atoms with Crippen LogP contribution in [0.4, 0.5) is 0 Å². The number of ether oxygens (including phenoxy) is 2. The third-order valence-electron chi connectivity index (χ3n) is 18.2. The first kappa shape index (κ1) is 74.1. The van der Waals surface area contributed by atoms with Gasteiger partial charge >= 0.3 is 17.9 Å². The summed E-state index contributed by atoms with van der Waals surface area (Å²) in [5.74, 6) is -4.77. The Morgan fingerprint density at radius 3 is 1.52 bits per heavy atom. The Morgan fingerprint density at radius 2 is 1.10 bits per heavy atom. The lowest BCUT2D eigenvalue weighted by molar-refractivity contribution is -0.422. The minimum atomic E-state index is -1.05. The van der Waals surface area contributed by atoms with Gasteiger partial charge in [-0.05, 0) is 92.3 Å². The number of halogens is 1. The number of piperidine rings is 1. The van der Waals surface area contributed by atoms with Crippen LogP contribution >= 0.6 is 0 Å². The number of hydrogen-bond acceptors (Lipinski definition) is 18. The Morgan fingerprint density at radius 1 is 0.637 bits per heavy atom. The van der Waals surface area contributed by atoms with Crippen LogP contribution < -0.4 is 44.7 Å². The molecule has 5 aliphatic carbocycles. The summed E-state index contributed by atoms with van der Waals surface area (Å²) >= 11 is 0. The van der Waals surface area contributed by atoms with Gasteiger partial charge in [-0.2, -0.15) is 0 Å². The Bertz CT molecular complexity index is 2900. The van der Waals surface area contributed by atoms with Crippen molar-refractivity contribution in [2.24, 2.45) is 40.4 Å². The first-order valence-electron chi connectivity index (χ1n) is 31.8. The third kappa shape index (κ3) is 21.2. The minimum absolute atomic E-state index is 0. The van der Waals surface area contributed by atoms with Gasteiger partial charge in [-0.1, -0.05) is 106 Å². The Kier molecular flexibility index (Phi) is 28.7. The maximum atomic E-state index is 14.5. The summed E-state index contributed by atoms with van der Waals surface area (Å²) in [6, 6.07) is -4.49. The van der Waals surface area contributed by atoms with Gasteiger partial charge in [-0.15, -0.1) is 0 Å². The number of hydrogen-bond donors (Lipinski definition) is 7. The summed E-state index contributed by atoms with van der Waals surface area (Å²) in [6.07, 6.45) is 30.8. The SMILES string of the molecule is CCC[C@H](NC(=O)[C@@H]1[C@@H]2[C@H](CN1C(=O)[C@@H](NC(=O)[C@@H](NC(=O)c1cnccn1)C1CCCCC1)C(C)(C)C)C2(C)C)C(=O)C(=O)NC1CC1.COC(=O)[C@@H](NC(=O)c1cnccn1)C1CCCCC1.COC(=O)[C@@H]([NH3+])C1CCCCC1.O=C(O)c1cnccn1.[Cl-]. The van der Waals surface area contributed by atoms with Crippen LogP contribution in [0, 0.1) is 40.4 Å². The largest absolute Gasteiger partial charge is 1.00 e. The fraction of sp³-hybridized carbons (Fsp3) is 0.656. The minimum Gasteiger partial charge on any atom is -1.00 e. The van der Waals surface area contributed by atoms with Crippen LogP contribution in [0.15, 0.2) is 55.8 Å². The number of methoxy groups -OCH3 is 2. The summed E-state index contributed by atoms with van der Waals surface area (Å²) < 4.78 is 9.48. The van der Waals surface area contributed by atoms with Gasteiger partial charge in [0.05, 0.1) is 38.9 Å². The number of carboxylic acid groups (broad SMARTS) is 1. The van der Waals surface area contributed by atoms with Crippen LogP contribution in [0.5, 0.6) is 0 Å². The molecule has 3 aromatic rings. The maximum Gasteiger partial charge on any atom is 0.364 e. The van der Waals surface area contributed by atoms with E-state index in [9.17, 15) is 47.9 Å². The zero-order valence-electron chi connectivity index (χ0n) is 53.8. The van der Waals surface area contributed by atoms with E-state index in [1.165, 1.54) is 95.7 Å². The number of likely N-dealkylation sites (tertiary alicyclic amines) is 1. The number of quaternary nitrogens is 1. The van der Waals surface area contributed by atoms with Gasteiger partial charge in [0.25, 0.3) is 17.7 Å². The number of aromatic carboxylic acids is 1. The number of aromatic nitrogens is 6. The molecule has 1 saturated heterocycles. The molecular weight excluding hydrogens is 1190 g/mol. The lowest BCUT2D eigenvalue weighted by atomic mass is 9.82. The number of rotatable bonds is 20. The molecule has 0 radical (unpaired) electrons. The van der Waals surface area contributed by atoms with Gasteiger partial charge < -0.3 is 64.2 Å². The van der Waals surface area contributed by atoms with Gasteiger partial charge in [-0.25, -0.2) is 29.3 Å². The van der Waals surface area contributed by atoms with Gasteiger partial charge in [0.15, 0.2) is 11.7 Å². The standard InChI is InChI=1S/C36H53N7O6.C14H19N3O3.C9H17NO2.C5H4N2O2.ClH/c1-7-11-23(28(44)33(48)39-21-14-15-21)40-32(47)27-25-22(36(25,5)6)19-43(27)34(49)29(35(2,3)4)42-31(46)26(20-12-9-8-10-13-20)41-30(45)24-18-37-16-17-38-24;1-20-14(19)12(10-5-3-2-4-6-10)17-13(18)11-9-15-7-8-16-11;1-12-9(11)8(10)7-5-3-2-4-6-7;8-5(9)4-3-6-1-2-7-4;/h16-18,20-23,25-27,29H,7-15,19H2,1-6H3,(H,39,48)(H,40,47)(H,41,45)(H,42,46);7-10,12H,2-6H2,1H3,(H,17,18);7-8H,2-6,10H2,1H3;1-3H,(H,8,9);1H/t22-,23-,25-,26-,27-,29+;12-;8-;;/m000../s1. The zero-order chi connectivity index (χ0) is 65.7. The summed E-state index contributed by atoms with van der Waals surface area (Å²) in [7, 11) is 2.77. The molecule has 9 N–H and O–H groups in total. The Hall–Kier alpha value is -7.61. The van der Waals surface area contributed by atoms with Crippen LogP contribution in [0.2, 0.25) is 0 Å². The summed E-state index contributed by atoms with van der Waals surface area (Å²) in [5.41, 5.74) is 3.19. The van der Waals surface area contributed by atoms with Crippen molar-refractivity contribution in [3.8, 4) is 0 Å². The molecule has 91 heavy (non-hydrogen) atoms. The molecule has 3 aromatic heterocycles. The molecule has 6 aliphatic rings. The number of amides is 6. The van der Waals surface area contributed by atoms with Crippen molar-refractivity contribution >= 4 is 59.1 Å². The third-order valence-corrected chi connectivity index (χ3v) is 18.2. The topological polar surface area (TPSA) is 378 Å². The van der Waals surface area contributed by atoms with E-state index in [-0.39, 0.29) is 82.5 Å². The van der Waals surface area contributed by atoms with Crippen LogP contribution in [0.1, 0.15) is 195 Å². The van der Waals surface area contributed by atoms with Crippen molar-refractivity contribution in [1.82, 2.24) is 61.4 Å². The molecular formula is C64H94ClN13O13. The number of ketones is 1. The number of fused-ring (bicyclic) bond motifs is 1. The van der Waals surface area contributed by atoms with Gasteiger partial charge in [0.1, 0.15) is 35.6 Å². The number of esters is 2. The molecule has 1 aliphatic heterocycles. The second-order valence-corrected chi connectivity index (χ2v) is 26.0. The summed E-state index contributed by atoms with van der Waals surface area (Å²) in [6.45, 7) is 11.9. The van der Waals surface area contributed by atoms with E-state index in [0.29, 0.717) is 25.3 Å². The van der Waals surface area contributed by atoms with E-state index in [2.05, 4.69) is 80.8 Å². The van der Waals surface area contributed by atoms with Crippen molar-refractivity contribution in [2.45, 2.75) is 206 Å². The zero-order valence-corrected chi connectivity index (χ0v) is 54.6. The van der Waals surface area contributed by atoms with Gasteiger partial charge in [0, 0.05) is 55.7 Å². The highest BCUT2D eigenvalue weighted by molar-refractivity contribution is 6.38. The normalized spacial score (nSPS) is 20.9.